The topological polar surface area (TPSA) is 8.17 Å². The Morgan fingerprint density at radius 2 is 0.967 bits per heavy atom. The molecule has 0 saturated carbocycles. The van der Waals surface area contributed by atoms with Crippen molar-refractivity contribution in [1.82, 2.24) is 4.57 Å². The van der Waals surface area contributed by atoms with E-state index < -0.39 is 0 Å². The van der Waals surface area contributed by atoms with Gasteiger partial charge in [-0.25, -0.2) is 0 Å². The molecule has 1 aliphatic heterocycles. The molecule has 2 bridgehead atoms. The summed E-state index contributed by atoms with van der Waals surface area (Å²) in [5.74, 6) is 0.454. The molecule has 3 aliphatic carbocycles. The predicted molar refractivity (Wildman–Crippen MR) is 251 cm³/mol. The van der Waals surface area contributed by atoms with E-state index >= 15 is 0 Å². The van der Waals surface area contributed by atoms with Gasteiger partial charge in [-0.05, 0) is 139 Å². The van der Waals surface area contributed by atoms with Crippen molar-refractivity contribution in [3.05, 3.63) is 228 Å². The van der Waals surface area contributed by atoms with Crippen molar-refractivity contribution in [3.63, 3.8) is 0 Å². The molecule has 10 aromatic carbocycles. The van der Waals surface area contributed by atoms with E-state index in [0.29, 0.717) is 5.92 Å². The molecule has 2 unspecified atom stereocenters. The Hall–Kier alpha value is -7.42. The van der Waals surface area contributed by atoms with Crippen LogP contribution in [0.5, 0.6) is 0 Å². The van der Waals surface area contributed by atoms with Crippen LogP contribution in [0.3, 0.4) is 0 Å². The number of benzene rings is 10. The minimum Gasteiger partial charge on any atom is -0.310 e. The highest BCUT2D eigenvalue weighted by Gasteiger charge is 2.54. The summed E-state index contributed by atoms with van der Waals surface area (Å²) in [6.07, 6.45) is 2.34. The van der Waals surface area contributed by atoms with Gasteiger partial charge in [-0.2, -0.15) is 0 Å². The van der Waals surface area contributed by atoms with E-state index in [-0.39, 0.29) is 5.41 Å². The number of aromatic nitrogens is 1. The molecule has 0 radical (unpaired) electrons. The second-order valence-corrected chi connectivity index (χ2v) is 17.1. The van der Waals surface area contributed by atoms with Crippen molar-refractivity contribution in [2.75, 3.05) is 4.90 Å². The van der Waals surface area contributed by atoms with Crippen LogP contribution in [0.4, 0.5) is 17.1 Å². The maximum Gasteiger partial charge on any atom is 0.0541 e. The van der Waals surface area contributed by atoms with E-state index in [4.69, 9.17) is 0 Å². The highest BCUT2D eigenvalue weighted by molar-refractivity contribution is 6.25. The Kier molecular flexibility index (Phi) is 6.42. The van der Waals surface area contributed by atoms with E-state index in [1.165, 1.54) is 122 Å². The van der Waals surface area contributed by atoms with Crippen molar-refractivity contribution >= 4 is 71.2 Å². The SMILES string of the molecule is c1ccc2c(c1)C1CCC23c2ccccc2N(c2ccc(-c4ccc5c(c4)c4ccccc4n5-c4ccc5c6ccccc6c6ccccc6c5c4)cc2)c2cccc1c23. The van der Waals surface area contributed by atoms with Crippen molar-refractivity contribution in [1.29, 1.82) is 0 Å². The smallest absolute Gasteiger partial charge is 0.0541 e. The average molecular weight is 763 g/mol. The largest absolute Gasteiger partial charge is 0.310 e. The third-order valence-electron chi connectivity index (χ3n) is 14.4. The first-order valence-electron chi connectivity index (χ1n) is 21.4. The van der Waals surface area contributed by atoms with Crippen LogP contribution in [-0.2, 0) is 5.41 Å². The summed E-state index contributed by atoms with van der Waals surface area (Å²) in [6, 6.07) is 75.4. The average Bonchev–Trinajstić information content (AvgIpc) is 3.66. The van der Waals surface area contributed by atoms with E-state index in [1.54, 1.807) is 0 Å². The molecule has 280 valence electrons. The van der Waals surface area contributed by atoms with Gasteiger partial charge in [-0.15, -0.1) is 0 Å². The Bertz CT molecular complexity index is 3590. The van der Waals surface area contributed by atoms with Gasteiger partial charge in [0.25, 0.3) is 0 Å². The van der Waals surface area contributed by atoms with Gasteiger partial charge >= 0.3 is 0 Å². The molecular formula is C58H38N2. The molecule has 0 saturated heterocycles. The second kappa shape index (κ2) is 11.8. The van der Waals surface area contributed by atoms with Crippen molar-refractivity contribution in [2.24, 2.45) is 0 Å². The van der Waals surface area contributed by atoms with Crippen molar-refractivity contribution < 1.29 is 0 Å². The van der Waals surface area contributed by atoms with Gasteiger partial charge in [0.2, 0.25) is 0 Å². The summed E-state index contributed by atoms with van der Waals surface area (Å²) >= 11 is 0. The predicted octanol–water partition coefficient (Wildman–Crippen LogP) is 15.3. The lowest BCUT2D eigenvalue weighted by atomic mass is 9.51. The Morgan fingerprint density at radius 1 is 0.383 bits per heavy atom. The summed E-state index contributed by atoms with van der Waals surface area (Å²) in [7, 11) is 0. The zero-order valence-electron chi connectivity index (χ0n) is 32.9. The summed E-state index contributed by atoms with van der Waals surface area (Å²) < 4.78 is 2.45. The van der Waals surface area contributed by atoms with E-state index in [0.717, 1.165) is 6.42 Å². The maximum absolute atomic E-state index is 2.53. The zero-order chi connectivity index (χ0) is 39.1. The zero-order valence-corrected chi connectivity index (χ0v) is 32.9. The van der Waals surface area contributed by atoms with Gasteiger partial charge in [-0.1, -0.05) is 146 Å². The van der Waals surface area contributed by atoms with Crippen LogP contribution in [0.2, 0.25) is 0 Å². The molecule has 0 N–H and O–H groups in total. The molecule has 15 rings (SSSR count). The Morgan fingerprint density at radius 3 is 1.77 bits per heavy atom. The molecule has 1 aromatic heterocycles. The fraction of sp³-hybridized carbons (Fsp3) is 0.0690. The number of rotatable bonds is 3. The Balaban J connectivity index is 0.895. The fourth-order valence-electron chi connectivity index (χ4n) is 12.0. The first-order chi connectivity index (χ1) is 29.8. The van der Waals surface area contributed by atoms with Crippen LogP contribution in [0, 0.1) is 0 Å². The van der Waals surface area contributed by atoms with Crippen LogP contribution >= 0.6 is 0 Å². The monoisotopic (exact) mass is 762 g/mol. The normalized spacial score (nSPS) is 17.4. The van der Waals surface area contributed by atoms with Crippen LogP contribution in [-0.4, -0.2) is 4.57 Å². The molecule has 0 amide bonds. The first-order valence-corrected chi connectivity index (χ1v) is 21.4. The fourth-order valence-corrected chi connectivity index (χ4v) is 12.0. The van der Waals surface area contributed by atoms with Crippen LogP contribution in [0.15, 0.2) is 200 Å². The minimum atomic E-state index is -0.117. The van der Waals surface area contributed by atoms with Crippen molar-refractivity contribution in [3.8, 4) is 16.8 Å². The van der Waals surface area contributed by atoms with Gasteiger partial charge in [0.15, 0.2) is 0 Å². The number of nitrogens with zero attached hydrogens (tertiary/aromatic N) is 2. The number of hydrogen-bond donors (Lipinski definition) is 0. The van der Waals surface area contributed by atoms with Gasteiger partial charge < -0.3 is 9.47 Å². The highest BCUT2D eigenvalue weighted by Crippen LogP contribution is 2.66. The number of hydrogen-bond acceptors (Lipinski definition) is 1. The van der Waals surface area contributed by atoms with E-state index in [2.05, 4.69) is 210 Å². The number of anilines is 3. The summed E-state index contributed by atoms with van der Waals surface area (Å²) in [4.78, 5) is 2.53. The van der Waals surface area contributed by atoms with Crippen LogP contribution in [0.25, 0.3) is 70.9 Å². The van der Waals surface area contributed by atoms with Gasteiger partial charge in [0.05, 0.1) is 22.4 Å². The first kappa shape index (κ1) is 32.5. The molecule has 11 aromatic rings. The molecule has 2 heteroatoms. The molecule has 2 nitrogen and oxygen atoms in total. The second-order valence-electron chi connectivity index (χ2n) is 17.1. The molecule has 0 fully saturated rings. The Labute approximate surface area is 348 Å². The summed E-state index contributed by atoms with van der Waals surface area (Å²) in [6.45, 7) is 0. The lowest BCUT2D eigenvalue weighted by molar-refractivity contribution is 0.425. The summed E-state index contributed by atoms with van der Waals surface area (Å²) in [5.41, 5.74) is 17.2. The van der Waals surface area contributed by atoms with Gasteiger partial charge in [0, 0.05) is 33.5 Å². The highest BCUT2D eigenvalue weighted by atomic mass is 15.2. The van der Waals surface area contributed by atoms with Crippen LogP contribution < -0.4 is 4.90 Å². The number of para-hydroxylation sites is 2. The summed E-state index contributed by atoms with van der Waals surface area (Å²) in [5, 5.41) is 10.3. The maximum atomic E-state index is 2.53. The van der Waals surface area contributed by atoms with Crippen molar-refractivity contribution in [2.45, 2.75) is 24.2 Å². The third-order valence-corrected chi connectivity index (χ3v) is 14.4. The quantitative estimate of drug-likeness (QED) is 0.163. The molecule has 2 atom stereocenters. The third kappa shape index (κ3) is 4.13. The lowest BCUT2D eigenvalue weighted by Gasteiger charge is -2.55. The molecule has 4 aliphatic rings. The van der Waals surface area contributed by atoms with E-state index in [9.17, 15) is 0 Å². The molecular weight excluding hydrogens is 725 g/mol. The van der Waals surface area contributed by atoms with E-state index in [1.807, 2.05) is 0 Å². The van der Waals surface area contributed by atoms with Gasteiger partial charge in [-0.3, -0.25) is 0 Å². The minimum absolute atomic E-state index is 0.117. The molecule has 60 heavy (non-hydrogen) atoms. The molecule has 2 heterocycles. The van der Waals surface area contributed by atoms with Gasteiger partial charge in [0.1, 0.15) is 0 Å². The molecule has 1 spiro atoms. The lowest BCUT2D eigenvalue weighted by Crippen LogP contribution is -2.45. The number of fused-ring (bicyclic) bond motifs is 11. The van der Waals surface area contributed by atoms with Crippen LogP contribution in [0.1, 0.15) is 46.6 Å². The standard InChI is InChI=1S/C58H38N2/c1-2-14-42-40(12-1)41-13-3-4-15-43(41)49-35-39(29-30-44(42)49)60-53-21-9-6-17-47(53)50-34-37(26-31-54(50)60)36-24-27-38(28-25-36)59-55-22-10-8-20-52(55)58-33-32-45(46-16-5-7-19-51(46)58)48-18-11-23-56(59)57(48)58/h1-31,34-35,45H,32-33H2.